The van der Waals surface area contributed by atoms with E-state index in [0.717, 1.165) is 11.3 Å². The molecule has 0 aliphatic rings. The maximum Gasteiger partial charge on any atom is 0.119 e. The third kappa shape index (κ3) is 3.25. The first-order valence-corrected chi connectivity index (χ1v) is 5.89. The number of hydrogen-bond acceptors (Lipinski definition) is 3. The second-order valence-electron chi connectivity index (χ2n) is 4.32. The third-order valence-corrected chi connectivity index (χ3v) is 2.77. The predicted molar refractivity (Wildman–Crippen MR) is 71.7 cm³/mol. The summed E-state index contributed by atoms with van der Waals surface area (Å²) in [4.78, 5) is 0. The van der Waals surface area contributed by atoms with E-state index in [1.165, 1.54) is 5.56 Å². The summed E-state index contributed by atoms with van der Waals surface area (Å²) < 4.78 is 5.62. The maximum absolute atomic E-state index is 9.20. The van der Waals surface area contributed by atoms with Crippen LogP contribution >= 0.6 is 0 Å². The smallest absolute Gasteiger partial charge is 0.119 e. The van der Waals surface area contributed by atoms with Crippen LogP contribution in [0.15, 0.2) is 48.5 Å². The number of hydrogen-bond donors (Lipinski definition) is 2. The highest BCUT2D eigenvalue weighted by Gasteiger charge is 2.06. The zero-order chi connectivity index (χ0) is 13.0. The van der Waals surface area contributed by atoms with Gasteiger partial charge in [-0.3, -0.25) is 0 Å². The second kappa shape index (κ2) is 5.56. The van der Waals surface area contributed by atoms with Crippen molar-refractivity contribution >= 4 is 0 Å². The largest absolute Gasteiger partial charge is 0.508 e. The Bertz CT molecular complexity index is 491. The first kappa shape index (κ1) is 12.5. The van der Waals surface area contributed by atoms with Gasteiger partial charge in [0.15, 0.2) is 0 Å². The summed E-state index contributed by atoms with van der Waals surface area (Å²) >= 11 is 0. The summed E-state index contributed by atoms with van der Waals surface area (Å²) in [5.74, 6) is 1.06. The van der Waals surface area contributed by atoms with Crippen LogP contribution < -0.4 is 10.5 Å². The van der Waals surface area contributed by atoms with Crippen LogP contribution in [0.3, 0.4) is 0 Å². The molecule has 94 valence electrons. The topological polar surface area (TPSA) is 55.5 Å². The van der Waals surface area contributed by atoms with Gasteiger partial charge in [0, 0.05) is 0 Å². The Morgan fingerprint density at radius 2 is 1.67 bits per heavy atom. The Morgan fingerprint density at radius 1 is 1.06 bits per heavy atom. The number of aromatic hydroxyl groups is 1. The van der Waals surface area contributed by atoms with Crippen LogP contribution in [0.4, 0.5) is 0 Å². The Kier molecular flexibility index (Phi) is 3.85. The van der Waals surface area contributed by atoms with E-state index in [-0.39, 0.29) is 11.8 Å². The van der Waals surface area contributed by atoms with Gasteiger partial charge in [-0.1, -0.05) is 29.8 Å². The number of phenolic OH excluding ortho intramolecular Hbond substituents is 1. The summed E-state index contributed by atoms with van der Waals surface area (Å²) in [5, 5.41) is 9.20. The van der Waals surface area contributed by atoms with Crippen LogP contribution in [0.25, 0.3) is 0 Å². The lowest BCUT2D eigenvalue weighted by Crippen LogP contribution is -2.18. The minimum atomic E-state index is -0.202. The Labute approximate surface area is 107 Å². The fraction of sp³-hybridized carbons (Fsp3) is 0.200. The van der Waals surface area contributed by atoms with Gasteiger partial charge in [-0.2, -0.15) is 0 Å². The van der Waals surface area contributed by atoms with Crippen LogP contribution in [0.5, 0.6) is 11.5 Å². The van der Waals surface area contributed by atoms with E-state index in [4.69, 9.17) is 10.5 Å². The highest BCUT2D eigenvalue weighted by Crippen LogP contribution is 2.17. The van der Waals surface area contributed by atoms with Gasteiger partial charge in [0.05, 0.1) is 6.04 Å². The summed E-state index contributed by atoms with van der Waals surface area (Å²) in [6, 6.07) is 14.5. The van der Waals surface area contributed by atoms with Gasteiger partial charge in [0.1, 0.15) is 18.1 Å². The van der Waals surface area contributed by atoms with Crippen molar-refractivity contribution in [1.29, 1.82) is 0 Å². The summed E-state index contributed by atoms with van der Waals surface area (Å²) in [7, 11) is 0. The van der Waals surface area contributed by atoms with Gasteiger partial charge >= 0.3 is 0 Å². The monoisotopic (exact) mass is 243 g/mol. The molecule has 0 saturated carbocycles. The molecule has 18 heavy (non-hydrogen) atoms. The standard InChI is InChI=1S/C15H17NO2/c1-11-2-8-14(9-3-11)18-10-15(16)12-4-6-13(17)7-5-12/h2-9,15,17H,10,16H2,1H3. The normalized spacial score (nSPS) is 12.1. The molecule has 0 saturated heterocycles. The fourth-order valence-electron chi connectivity index (χ4n) is 1.64. The number of phenols is 1. The maximum atomic E-state index is 9.20. The molecule has 0 aliphatic carbocycles. The minimum absolute atomic E-state index is 0.202. The van der Waals surface area contributed by atoms with Gasteiger partial charge in [-0.05, 0) is 36.8 Å². The average molecular weight is 243 g/mol. The first-order chi connectivity index (χ1) is 8.65. The lowest BCUT2D eigenvalue weighted by molar-refractivity contribution is 0.290. The van der Waals surface area contributed by atoms with Crippen LogP contribution in [0.1, 0.15) is 17.2 Å². The summed E-state index contributed by atoms with van der Waals surface area (Å²) in [5.41, 5.74) is 8.16. The van der Waals surface area contributed by atoms with Crippen molar-refractivity contribution < 1.29 is 9.84 Å². The molecule has 1 unspecified atom stereocenters. The van der Waals surface area contributed by atoms with Crippen LogP contribution in [0.2, 0.25) is 0 Å². The molecule has 0 spiro atoms. The zero-order valence-electron chi connectivity index (χ0n) is 10.3. The number of nitrogens with two attached hydrogens (primary N) is 1. The van der Waals surface area contributed by atoms with Gasteiger partial charge in [-0.25, -0.2) is 0 Å². The quantitative estimate of drug-likeness (QED) is 0.868. The highest BCUT2D eigenvalue weighted by molar-refractivity contribution is 5.29. The van der Waals surface area contributed by atoms with Crippen molar-refractivity contribution in [2.45, 2.75) is 13.0 Å². The lowest BCUT2D eigenvalue weighted by Gasteiger charge is -2.13. The number of ether oxygens (including phenoxy) is 1. The van der Waals surface area contributed by atoms with Gasteiger partial charge in [0.2, 0.25) is 0 Å². The van der Waals surface area contributed by atoms with Gasteiger partial charge in [0.25, 0.3) is 0 Å². The lowest BCUT2D eigenvalue weighted by atomic mass is 10.1. The molecule has 0 heterocycles. The molecule has 3 N–H and O–H groups in total. The Morgan fingerprint density at radius 3 is 2.28 bits per heavy atom. The number of benzene rings is 2. The molecule has 3 heteroatoms. The van der Waals surface area contributed by atoms with Crippen molar-refractivity contribution in [3.8, 4) is 11.5 Å². The van der Waals surface area contributed by atoms with E-state index < -0.39 is 0 Å². The number of rotatable bonds is 4. The molecule has 0 aliphatic heterocycles. The second-order valence-corrected chi connectivity index (χ2v) is 4.32. The molecule has 2 rings (SSSR count). The summed E-state index contributed by atoms with van der Waals surface area (Å²) in [6.45, 7) is 2.44. The molecule has 2 aromatic rings. The Balaban J connectivity index is 1.93. The molecule has 3 nitrogen and oxygen atoms in total. The van der Waals surface area contributed by atoms with Crippen LogP contribution in [0, 0.1) is 6.92 Å². The third-order valence-electron chi connectivity index (χ3n) is 2.77. The van der Waals surface area contributed by atoms with E-state index >= 15 is 0 Å². The van der Waals surface area contributed by atoms with Crippen molar-refractivity contribution in [3.63, 3.8) is 0 Å². The molecule has 0 radical (unpaired) electrons. The van der Waals surface area contributed by atoms with E-state index in [1.54, 1.807) is 24.3 Å². The van der Waals surface area contributed by atoms with Gasteiger partial charge in [-0.15, -0.1) is 0 Å². The molecule has 2 aromatic carbocycles. The molecule has 0 bridgehead atoms. The molecule has 0 amide bonds. The van der Waals surface area contributed by atoms with E-state index in [0.29, 0.717) is 6.61 Å². The predicted octanol–water partition coefficient (Wildman–Crippen LogP) is 2.78. The van der Waals surface area contributed by atoms with E-state index in [1.807, 2.05) is 31.2 Å². The number of aryl methyl sites for hydroxylation is 1. The summed E-state index contributed by atoms with van der Waals surface area (Å²) in [6.07, 6.45) is 0. The van der Waals surface area contributed by atoms with Crippen molar-refractivity contribution in [3.05, 3.63) is 59.7 Å². The van der Waals surface area contributed by atoms with Crippen molar-refractivity contribution in [2.75, 3.05) is 6.61 Å². The average Bonchev–Trinajstić information content (AvgIpc) is 2.38. The van der Waals surface area contributed by atoms with Crippen LogP contribution in [-0.4, -0.2) is 11.7 Å². The first-order valence-electron chi connectivity index (χ1n) is 5.89. The Hall–Kier alpha value is -2.00. The van der Waals surface area contributed by atoms with Crippen molar-refractivity contribution in [1.82, 2.24) is 0 Å². The van der Waals surface area contributed by atoms with Crippen LogP contribution in [-0.2, 0) is 0 Å². The molecule has 0 fully saturated rings. The van der Waals surface area contributed by atoms with E-state index in [2.05, 4.69) is 0 Å². The minimum Gasteiger partial charge on any atom is -0.508 e. The molecular weight excluding hydrogens is 226 g/mol. The molecule has 0 aromatic heterocycles. The molecular formula is C15H17NO2. The van der Waals surface area contributed by atoms with E-state index in [9.17, 15) is 5.11 Å². The molecule has 1 atom stereocenters. The zero-order valence-corrected chi connectivity index (χ0v) is 10.3. The SMILES string of the molecule is Cc1ccc(OCC(N)c2ccc(O)cc2)cc1. The fourth-order valence-corrected chi connectivity index (χ4v) is 1.64. The van der Waals surface area contributed by atoms with Crippen molar-refractivity contribution in [2.24, 2.45) is 5.73 Å². The highest BCUT2D eigenvalue weighted by atomic mass is 16.5. The van der Waals surface area contributed by atoms with Gasteiger partial charge < -0.3 is 15.6 Å².